The number of rotatable bonds is 1. The fourth-order valence-electron chi connectivity index (χ4n) is 0.239. The number of hydrogen-bond acceptors (Lipinski definition) is 1. The zero-order valence-electron chi connectivity index (χ0n) is 5.14. The Morgan fingerprint density at radius 2 is 2.50 bits per heavy atom. The van der Waals surface area contributed by atoms with Gasteiger partial charge in [-0.15, -0.1) is 0 Å². The van der Waals surface area contributed by atoms with E-state index < -0.39 is 0 Å². The number of nitrogens with zero attached hydrogens (tertiary/aromatic N) is 1. The van der Waals surface area contributed by atoms with Crippen LogP contribution < -0.4 is 5.32 Å². The Bertz CT molecular complexity index is 98.6. The van der Waals surface area contributed by atoms with Gasteiger partial charge >= 0.3 is 6.03 Å². The number of carbonyl (C=O) groups is 1. The SMILES string of the molecule is CC/C=N\C(=O)NC. The van der Waals surface area contributed by atoms with Crippen molar-refractivity contribution in [3.05, 3.63) is 0 Å². The summed E-state index contributed by atoms with van der Waals surface area (Å²) in [6.45, 7) is 1.92. The van der Waals surface area contributed by atoms with Gasteiger partial charge in [0.05, 0.1) is 0 Å². The van der Waals surface area contributed by atoms with E-state index in [1.54, 1.807) is 13.3 Å². The van der Waals surface area contributed by atoms with Crippen LogP contribution in [0.3, 0.4) is 0 Å². The lowest BCUT2D eigenvalue weighted by molar-refractivity contribution is 0.251. The number of carbonyl (C=O) groups excluding carboxylic acids is 1. The van der Waals surface area contributed by atoms with Crippen molar-refractivity contribution in [2.75, 3.05) is 7.05 Å². The molecule has 0 atom stereocenters. The summed E-state index contributed by atoms with van der Waals surface area (Å²) in [6.07, 6.45) is 2.37. The van der Waals surface area contributed by atoms with Crippen LogP contribution in [-0.2, 0) is 0 Å². The topological polar surface area (TPSA) is 41.5 Å². The normalized spacial score (nSPS) is 9.75. The molecule has 46 valence electrons. The fourth-order valence-corrected chi connectivity index (χ4v) is 0.239. The molecule has 0 bridgehead atoms. The second-order valence-corrected chi connectivity index (χ2v) is 1.28. The largest absolute Gasteiger partial charge is 0.340 e. The number of hydrogen-bond donors (Lipinski definition) is 1. The van der Waals surface area contributed by atoms with Gasteiger partial charge in [-0.2, -0.15) is 0 Å². The molecule has 1 N–H and O–H groups in total. The molecule has 0 aliphatic carbocycles. The van der Waals surface area contributed by atoms with Crippen LogP contribution in [0.2, 0.25) is 0 Å². The van der Waals surface area contributed by atoms with Crippen LogP contribution in [0.5, 0.6) is 0 Å². The standard InChI is InChI=1S/C5H10N2O/c1-3-4-7-5(8)6-2/h4H,3H2,1-2H3,(H,6,8)/b7-4-. The lowest BCUT2D eigenvalue weighted by Gasteiger charge is -1.85. The Hall–Kier alpha value is -0.860. The minimum absolute atomic E-state index is 0.285. The summed E-state index contributed by atoms with van der Waals surface area (Å²) in [5, 5.41) is 2.36. The zero-order valence-corrected chi connectivity index (χ0v) is 5.14. The summed E-state index contributed by atoms with van der Waals surface area (Å²) >= 11 is 0. The van der Waals surface area contributed by atoms with Crippen LogP contribution in [0.1, 0.15) is 13.3 Å². The fraction of sp³-hybridized carbons (Fsp3) is 0.600. The van der Waals surface area contributed by atoms with E-state index in [9.17, 15) is 4.79 Å². The Kier molecular flexibility index (Phi) is 3.84. The van der Waals surface area contributed by atoms with Gasteiger partial charge in [0, 0.05) is 13.3 Å². The molecule has 0 aromatic heterocycles. The van der Waals surface area contributed by atoms with Crippen molar-refractivity contribution in [3.8, 4) is 0 Å². The Labute approximate surface area is 48.8 Å². The molecule has 0 aromatic carbocycles. The van der Waals surface area contributed by atoms with Crippen LogP contribution in [0.4, 0.5) is 4.79 Å². The molecule has 0 saturated heterocycles. The first kappa shape index (κ1) is 7.14. The van der Waals surface area contributed by atoms with E-state index in [1.165, 1.54) is 0 Å². The van der Waals surface area contributed by atoms with Crippen LogP contribution >= 0.6 is 0 Å². The van der Waals surface area contributed by atoms with E-state index in [2.05, 4.69) is 10.3 Å². The van der Waals surface area contributed by atoms with Gasteiger partial charge in [0.15, 0.2) is 0 Å². The zero-order chi connectivity index (χ0) is 6.41. The van der Waals surface area contributed by atoms with Crippen molar-refractivity contribution in [2.24, 2.45) is 4.99 Å². The van der Waals surface area contributed by atoms with E-state index >= 15 is 0 Å². The molecule has 0 heterocycles. The first-order chi connectivity index (χ1) is 3.81. The van der Waals surface area contributed by atoms with Gasteiger partial charge in [0.1, 0.15) is 0 Å². The minimum atomic E-state index is -0.285. The van der Waals surface area contributed by atoms with Gasteiger partial charge in [-0.1, -0.05) is 6.92 Å². The summed E-state index contributed by atoms with van der Waals surface area (Å²) < 4.78 is 0. The molecule has 0 aliphatic rings. The van der Waals surface area contributed by atoms with Crippen LogP contribution in [0, 0.1) is 0 Å². The third kappa shape index (κ3) is 3.33. The third-order valence-corrected chi connectivity index (χ3v) is 0.605. The van der Waals surface area contributed by atoms with Crippen LogP contribution in [-0.4, -0.2) is 19.3 Å². The number of amides is 2. The smallest absolute Gasteiger partial charge is 0.339 e. The lowest BCUT2D eigenvalue weighted by Crippen LogP contribution is -2.12. The summed E-state index contributed by atoms with van der Waals surface area (Å²) in [4.78, 5) is 13.7. The molecule has 0 aromatic rings. The van der Waals surface area contributed by atoms with Crippen molar-refractivity contribution in [1.82, 2.24) is 5.32 Å². The van der Waals surface area contributed by atoms with E-state index in [1.807, 2.05) is 6.92 Å². The maximum absolute atomic E-state index is 10.3. The van der Waals surface area contributed by atoms with E-state index in [0.29, 0.717) is 0 Å². The van der Waals surface area contributed by atoms with Crippen LogP contribution in [0.15, 0.2) is 4.99 Å². The predicted molar refractivity (Wildman–Crippen MR) is 33.2 cm³/mol. The maximum Gasteiger partial charge on any atom is 0.340 e. The van der Waals surface area contributed by atoms with Crippen molar-refractivity contribution >= 4 is 12.2 Å². The molecule has 2 amide bonds. The number of nitrogens with one attached hydrogen (secondary N) is 1. The molecule has 0 saturated carbocycles. The quantitative estimate of drug-likeness (QED) is 0.503. The average molecular weight is 114 g/mol. The highest BCUT2D eigenvalue weighted by molar-refractivity contribution is 5.83. The molecular formula is C5H10N2O. The van der Waals surface area contributed by atoms with Gasteiger partial charge in [0.25, 0.3) is 0 Å². The summed E-state index contributed by atoms with van der Waals surface area (Å²) in [5.41, 5.74) is 0. The molecule has 0 unspecified atom stereocenters. The summed E-state index contributed by atoms with van der Waals surface area (Å²) in [7, 11) is 1.55. The second-order valence-electron chi connectivity index (χ2n) is 1.28. The molecule has 0 spiro atoms. The Morgan fingerprint density at radius 3 is 2.88 bits per heavy atom. The minimum Gasteiger partial charge on any atom is -0.339 e. The van der Waals surface area contributed by atoms with Gasteiger partial charge in [0.2, 0.25) is 0 Å². The molecule has 0 aliphatic heterocycles. The van der Waals surface area contributed by atoms with E-state index in [-0.39, 0.29) is 6.03 Å². The van der Waals surface area contributed by atoms with Gasteiger partial charge < -0.3 is 5.32 Å². The van der Waals surface area contributed by atoms with Crippen molar-refractivity contribution in [1.29, 1.82) is 0 Å². The summed E-state index contributed by atoms with van der Waals surface area (Å²) in [6, 6.07) is -0.285. The van der Waals surface area contributed by atoms with E-state index in [0.717, 1.165) is 6.42 Å². The third-order valence-electron chi connectivity index (χ3n) is 0.605. The molecule has 8 heavy (non-hydrogen) atoms. The molecule has 3 nitrogen and oxygen atoms in total. The van der Waals surface area contributed by atoms with Gasteiger partial charge in [-0.05, 0) is 6.42 Å². The summed E-state index contributed by atoms with van der Waals surface area (Å²) in [5.74, 6) is 0. The number of aliphatic imine (C=N–C) groups is 1. The van der Waals surface area contributed by atoms with E-state index in [4.69, 9.17) is 0 Å². The van der Waals surface area contributed by atoms with Crippen molar-refractivity contribution in [2.45, 2.75) is 13.3 Å². The van der Waals surface area contributed by atoms with Crippen molar-refractivity contribution in [3.63, 3.8) is 0 Å². The van der Waals surface area contributed by atoms with Crippen molar-refractivity contribution < 1.29 is 4.79 Å². The highest BCUT2D eigenvalue weighted by atomic mass is 16.2. The molecule has 0 fully saturated rings. The number of urea groups is 1. The Morgan fingerprint density at radius 1 is 1.88 bits per heavy atom. The molecular weight excluding hydrogens is 104 g/mol. The molecule has 0 radical (unpaired) electrons. The first-order valence-corrected chi connectivity index (χ1v) is 2.55. The Balaban J connectivity index is 3.37. The van der Waals surface area contributed by atoms with Gasteiger partial charge in [-0.3, -0.25) is 0 Å². The van der Waals surface area contributed by atoms with Crippen LogP contribution in [0.25, 0.3) is 0 Å². The van der Waals surface area contributed by atoms with Gasteiger partial charge in [-0.25, -0.2) is 9.79 Å². The second kappa shape index (κ2) is 4.30. The predicted octanol–water partition coefficient (Wildman–Crippen LogP) is 0.807. The molecule has 3 heteroatoms. The first-order valence-electron chi connectivity index (χ1n) is 2.55. The highest BCUT2D eigenvalue weighted by Gasteiger charge is 1.84. The molecule has 0 rings (SSSR count). The lowest BCUT2D eigenvalue weighted by atomic mass is 10.5. The highest BCUT2D eigenvalue weighted by Crippen LogP contribution is 1.71. The monoisotopic (exact) mass is 114 g/mol. The average Bonchev–Trinajstić information content (AvgIpc) is 1.83. The maximum atomic E-state index is 10.3.